The minimum absolute atomic E-state index is 0.0189. The van der Waals surface area contributed by atoms with Crippen LogP contribution in [0.3, 0.4) is 0 Å². The van der Waals surface area contributed by atoms with Crippen LogP contribution in [-0.4, -0.2) is 17.6 Å². The molecule has 2 N–H and O–H groups in total. The molecule has 0 aliphatic heterocycles. The molecule has 3 rings (SSSR count). The largest absolute Gasteiger partial charge is 0.464 e. The summed E-state index contributed by atoms with van der Waals surface area (Å²) in [4.78, 5) is 12.0. The first kappa shape index (κ1) is 18.2. The molecule has 0 fully saturated rings. The molecular weight excluding hydrogens is 357 g/mol. The van der Waals surface area contributed by atoms with Crippen LogP contribution in [0, 0.1) is 5.82 Å². The number of carbonyl (C=O) groups excluding carboxylic acids is 1. The molecule has 0 aliphatic rings. The highest BCUT2D eigenvalue weighted by Crippen LogP contribution is 2.22. The normalized spacial score (nSPS) is 12.0. The van der Waals surface area contributed by atoms with E-state index in [1.54, 1.807) is 24.5 Å². The lowest BCUT2D eigenvalue weighted by atomic mass is 10.1. The van der Waals surface area contributed by atoms with Crippen LogP contribution < -0.4 is 5.32 Å². The summed E-state index contributed by atoms with van der Waals surface area (Å²) in [5, 5.41) is 13.0. The minimum atomic E-state index is -0.874. The average Bonchev–Trinajstić information content (AvgIpc) is 3.18. The van der Waals surface area contributed by atoms with Gasteiger partial charge >= 0.3 is 0 Å². The number of aliphatic hydroxyl groups is 1. The van der Waals surface area contributed by atoms with Crippen molar-refractivity contribution in [3.05, 3.63) is 82.8 Å². The number of halogens is 2. The summed E-state index contributed by atoms with van der Waals surface area (Å²) in [6.07, 6.45) is 0.533. The fourth-order valence-electron chi connectivity index (χ4n) is 2.56. The molecule has 0 spiro atoms. The predicted octanol–water partition coefficient (Wildman–Crippen LogP) is 4.13. The number of hydrogen-bond donors (Lipinski definition) is 2. The van der Waals surface area contributed by atoms with E-state index >= 15 is 0 Å². The van der Waals surface area contributed by atoms with Gasteiger partial charge in [-0.1, -0.05) is 41.9 Å². The Bertz CT molecular complexity index is 858. The summed E-state index contributed by atoms with van der Waals surface area (Å²) >= 11 is 5.91. The molecule has 1 unspecified atom stereocenters. The van der Waals surface area contributed by atoms with Gasteiger partial charge in [0, 0.05) is 22.7 Å². The first-order valence-electron chi connectivity index (χ1n) is 8.06. The molecule has 1 aromatic heterocycles. The Hall–Kier alpha value is -2.63. The van der Waals surface area contributed by atoms with Crippen molar-refractivity contribution in [1.29, 1.82) is 0 Å². The summed E-state index contributed by atoms with van der Waals surface area (Å²) in [6, 6.07) is 15.1. The predicted molar refractivity (Wildman–Crippen MR) is 97.2 cm³/mol. The highest BCUT2D eigenvalue weighted by Gasteiger charge is 2.14. The van der Waals surface area contributed by atoms with Gasteiger partial charge in [-0.3, -0.25) is 4.79 Å². The maximum absolute atomic E-state index is 13.7. The Morgan fingerprint density at radius 1 is 1.15 bits per heavy atom. The first-order chi connectivity index (χ1) is 12.5. The molecule has 2 aromatic carbocycles. The van der Waals surface area contributed by atoms with Gasteiger partial charge in [0.15, 0.2) is 0 Å². The van der Waals surface area contributed by atoms with E-state index in [4.69, 9.17) is 16.0 Å². The Kier molecular flexibility index (Phi) is 5.71. The number of benzene rings is 2. The van der Waals surface area contributed by atoms with Crippen LogP contribution in [0.25, 0.3) is 11.3 Å². The van der Waals surface area contributed by atoms with Gasteiger partial charge < -0.3 is 14.8 Å². The zero-order valence-corrected chi connectivity index (χ0v) is 14.5. The highest BCUT2D eigenvalue weighted by atomic mass is 35.5. The van der Waals surface area contributed by atoms with Crippen LogP contribution in [0.2, 0.25) is 5.02 Å². The van der Waals surface area contributed by atoms with Crippen molar-refractivity contribution in [2.24, 2.45) is 0 Å². The van der Waals surface area contributed by atoms with Crippen molar-refractivity contribution in [2.45, 2.75) is 12.5 Å². The van der Waals surface area contributed by atoms with Crippen molar-refractivity contribution < 1.29 is 18.7 Å². The number of carbonyl (C=O) groups is 1. The average molecular weight is 374 g/mol. The molecule has 0 saturated heterocycles. The molecule has 0 bridgehead atoms. The van der Waals surface area contributed by atoms with Crippen molar-refractivity contribution in [3.8, 4) is 11.3 Å². The van der Waals surface area contributed by atoms with Gasteiger partial charge in [-0.25, -0.2) is 4.39 Å². The van der Waals surface area contributed by atoms with Gasteiger partial charge in [0.25, 0.3) is 0 Å². The monoisotopic (exact) mass is 373 g/mol. The second-order valence-electron chi connectivity index (χ2n) is 5.80. The quantitative estimate of drug-likeness (QED) is 0.682. The SMILES string of the molecule is O=C(Cc1c(F)cccc1Cl)NCC(O)c1ccc(-c2ccco2)cc1. The smallest absolute Gasteiger partial charge is 0.224 e. The molecule has 0 aliphatic carbocycles. The van der Waals surface area contributed by atoms with Gasteiger partial charge in [0.2, 0.25) is 5.91 Å². The lowest BCUT2D eigenvalue weighted by Crippen LogP contribution is -2.30. The summed E-state index contributed by atoms with van der Waals surface area (Å²) in [5.74, 6) is -0.203. The topological polar surface area (TPSA) is 62.5 Å². The van der Waals surface area contributed by atoms with Crippen LogP contribution in [0.15, 0.2) is 65.3 Å². The molecule has 3 aromatic rings. The second-order valence-corrected chi connectivity index (χ2v) is 6.20. The van der Waals surface area contributed by atoms with Gasteiger partial charge in [0.05, 0.1) is 18.8 Å². The molecule has 0 radical (unpaired) electrons. The maximum atomic E-state index is 13.7. The zero-order valence-electron chi connectivity index (χ0n) is 13.8. The second kappa shape index (κ2) is 8.17. The van der Waals surface area contributed by atoms with Gasteiger partial charge in [-0.15, -0.1) is 0 Å². The van der Waals surface area contributed by atoms with Crippen LogP contribution in [0.4, 0.5) is 4.39 Å². The molecule has 0 saturated carbocycles. The summed E-state index contributed by atoms with van der Waals surface area (Å²) in [6.45, 7) is 0.0189. The number of furan rings is 1. The summed E-state index contributed by atoms with van der Waals surface area (Å²) in [7, 11) is 0. The molecule has 26 heavy (non-hydrogen) atoms. The van der Waals surface area contributed by atoms with E-state index < -0.39 is 17.8 Å². The standard InChI is InChI=1S/C20H17ClFNO3/c21-16-3-1-4-17(22)15(16)11-20(25)23-12-18(24)13-6-8-14(9-7-13)19-5-2-10-26-19/h1-10,18,24H,11-12H2,(H,23,25). The number of hydrogen-bond acceptors (Lipinski definition) is 3. The fourth-order valence-corrected chi connectivity index (χ4v) is 2.79. The van der Waals surface area contributed by atoms with Crippen molar-refractivity contribution >= 4 is 17.5 Å². The van der Waals surface area contributed by atoms with E-state index in [1.807, 2.05) is 18.2 Å². The number of aliphatic hydroxyl groups excluding tert-OH is 1. The lowest BCUT2D eigenvalue weighted by molar-refractivity contribution is -0.120. The zero-order chi connectivity index (χ0) is 18.5. The molecule has 1 atom stereocenters. The fraction of sp³-hybridized carbons (Fsp3) is 0.150. The molecule has 6 heteroatoms. The minimum Gasteiger partial charge on any atom is -0.464 e. The molecule has 134 valence electrons. The van der Waals surface area contributed by atoms with E-state index in [1.165, 1.54) is 18.2 Å². The molecule has 4 nitrogen and oxygen atoms in total. The Balaban J connectivity index is 1.56. The summed E-state index contributed by atoms with van der Waals surface area (Å²) < 4.78 is 19.0. The number of nitrogens with one attached hydrogen (secondary N) is 1. The summed E-state index contributed by atoms with van der Waals surface area (Å²) in [5.41, 5.74) is 1.69. The third-order valence-electron chi connectivity index (χ3n) is 3.99. The van der Waals surface area contributed by atoms with Crippen LogP contribution in [0.5, 0.6) is 0 Å². The Labute approximate surface area is 155 Å². The van der Waals surface area contributed by atoms with Crippen LogP contribution >= 0.6 is 11.6 Å². The lowest BCUT2D eigenvalue weighted by Gasteiger charge is -2.13. The van der Waals surface area contributed by atoms with E-state index in [0.29, 0.717) is 5.56 Å². The first-order valence-corrected chi connectivity index (χ1v) is 8.44. The van der Waals surface area contributed by atoms with Crippen molar-refractivity contribution in [3.63, 3.8) is 0 Å². The van der Waals surface area contributed by atoms with Gasteiger partial charge in [-0.2, -0.15) is 0 Å². The third-order valence-corrected chi connectivity index (χ3v) is 4.35. The highest BCUT2D eigenvalue weighted by molar-refractivity contribution is 6.31. The Morgan fingerprint density at radius 3 is 2.58 bits per heavy atom. The van der Waals surface area contributed by atoms with Crippen LogP contribution in [-0.2, 0) is 11.2 Å². The van der Waals surface area contributed by atoms with Gasteiger partial charge in [0.1, 0.15) is 11.6 Å². The van der Waals surface area contributed by atoms with Crippen molar-refractivity contribution in [1.82, 2.24) is 5.32 Å². The number of rotatable bonds is 6. The van der Waals surface area contributed by atoms with Crippen LogP contribution in [0.1, 0.15) is 17.2 Å². The van der Waals surface area contributed by atoms with E-state index in [2.05, 4.69) is 5.32 Å². The number of amides is 1. The van der Waals surface area contributed by atoms with Crippen molar-refractivity contribution in [2.75, 3.05) is 6.54 Å². The molecule has 1 heterocycles. The Morgan fingerprint density at radius 2 is 1.92 bits per heavy atom. The third kappa shape index (κ3) is 4.31. The van der Waals surface area contributed by atoms with E-state index in [-0.39, 0.29) is 23.6 Å². The van der Waals surface area contributed by atoms with E-state index in [0.717, 1.165) is 11.3 Å². The molecule has 1 amide bonds. The van der Waals surface area contributed by atoms with E-state index in [9.17, 15) is 14.3 Å². The van der Waals surface area contributed by atoms with Gasteiger partial charge in [-0.05, 0) is 29.8 Å². The molecular formula is C20H17ClFNO3. The maximum Gasteiger partial charge on any atom is 0.224 e.